The SMILES string of the molecule is BOCN(C)CCN(C)C(=O)OCc1ccc(N)cc1. The van der Waals surface area contributed by atoms with Gasteiger partial charge in [-0.25, -0.2) is 4.79 Å². The van der Waals surface area contributed by atoms with E-state index >= 15 is 0 Å². The van der Waals surface area contributed by atoms with E-state index in [1.54, 1.807) is 32.1 Å². The summed E-state index contributed by atoms with van der Waals surface area (Å²) in [6, 6.07) is 7.25. The molecule has 2 N–H and O–H groups in total. The number of ether oxygens (including phenoxy) is 1. The number of nitrogen functional groups attached to an aromatic ring is 1. The van der Waals surface area contributed by atoms with Gasteiger partial charge in [-0.15, -0.1) is 0 Å². The quantitative estimate of drug-likeness (QED) is 0.441. The Morgan fingerprint density at radius 2 is 1.90 bits per heavy atom. The Bertz CT molecular complexity index is 414. The summed E-state index contributed by atoms with van der Waals surface area (Å²) in [5, 5.41) is 0. The number of likely N-dealkylation sites (N-methyl/N-ethyl adjacent to an activating group) is 2. The van der Waals surface area contributed by atoms with Crippen molar-refractivity contribution in [3.8, 4) is 0 Å². The smallest absolute Gasteiger partial charge is 0.409 e. The highest BCUT2D eigenvalue weighted by molar-refractivity contribution is 5.97. The molecule has 1 aromatic carbocycles. The first-order valence-corrected chi connectivity index (χ1v) is 6.42. The second-order valence-corrected chi connectivity index (χ2v) is 4.72. The lowest BCUT2D eigenvalue weighted by Gasteiger charge is -2.21. The van der Waals surface area contributed by atoms with Crippen molar-refractivity contribution in [2.75, 3.05) is 39.6 Å². The number of carbonyl (C=O) groups is 1. The summed E-state index contributed by atoms with van der Waals surface area (Å²) in [6.07, 6.45) is -0.340. The molecule has 1 aromatic rings. The third-order valence-electron chi connectivity index (χ3n) is 2.82. The van der Waals surface area contributed by atoms with E-state index in [1.165, 1.54) is 0 Å². The van der Waals surface area contributed by atoms with Crippen LogP contribution >= 0.6 is 0 Å². The Morgan fingerprint density at radius 3 is 2.50 bits per heavy atom. The van der Waals surface area contributed by atoms with Gasteiger partial charge >= 0.3 is 6.09 Å². The molecule has 0 spiro atoms. The number of carbonyl (C=O) groups excluding carboxylic acids is 1. The zero-order valence-corrected chi connectivity index (χ0v) is 12.3. The van der Waals surface area contributed by atoms with Crippen molar-refractivity contribution < 1.29 is 14.2 Å². The van der Waals surface area contributed by atoms with E-state index in [9.17, 15) is 4.79 Å². The fourth-order valence-corrected chi connectivity index (χ4v) is 1.57. The van der Waals surface area contributed by atoms with Gasteiger partial charge in [-0.05, 0) is 24.7 Å². The maximum Gasteiger partial charge on any atom is 0.409 e. The molecular weight excluding hydrogens is 257 g/mol. The molecule has 7 heteroatoms. The first-order valence-electron chi connectivity index (χ1n) is 6.42. The van der Waals surface area contributed by atoms with Gasteiger partial charge in [-0.1, -0.05) is 12.1 Å². The summed E-state index contributed by atoms with van der Waals surface area (Å²) < 4.78 is 10.2. The molecule has 6 nitrogen and oxygen atoms in total. The molecule has 0 aliphatic heterocycles. The van der Waals surface area contributed by atoms with Crippen LogP contribution in [0, 0.1) is 0 Å². The molecular formula is C13H22BN3O3. The Morgan fingerprint density at radius 1 is 1.25 bits per heavy atom. The zero-order chi connectivity index (χ0) is 15.0. The van der Waals surface area contributed by atoms with E-state index in [-0.39, 0.29) is 12.7 Å². The number of hydrogen-bond donors (Lipinski definition) is 1. The summed E-state index contributed by atoms with van der Waals surface area (Å²) in [4.78, 5) is 15.3. The number of hydrogen-bond acceptors (Lipinski definition) is 5. The van der Waals surface area contributed by atoms with Crippen molar-refractivity contribution >= 4 is 19.8 Å². The van der Waals surface area contributed by atoms with Gasteiger partial charge in [0.1, 0.15) is 6.61 Å². The highest BCUT2D eigenvalue weighted by Crippen LogP contribution is 2.07. The standard InChI is InChI=1S/C13H22BN3O3/c1-16(10-20-14)7-8-17(2)13(18)19-9-11-3-5-12(15)6-4-11/h3-6H,7-10,14-15H2,1-2H3. The highest BCUT2D eigenvalue weighted by Gasteiger charge is 2.10. The molecule has 1 rings (SSSR count). The monoisotopic (exact) mass is 279 g/mol. The van der Waals surface area contributed by atoms with Crippen LogP contribution in [0.2, 0.25) is 0 Å². The molecule has 0 saturated heterocycles. The van der Waals surface area contributed by atoms with Gasteiger partial charge in [0.05, 0.1) is 6.73 Å². The Balaban J connectivity index is 2.29. The molecule has 0 unspecified atom stereocenters. The highest BCUT2D eigenvalue weighted by atomic mass is 16.6. The third kappa shape index (κ3) is 5.94. The third-order valence-corrected chi connectivity index (χ3v) is 2.82. The first kappa shape index (κ1) is 16.3. The van der Waals surface area contributed by atoms with Crippen molar-refractivity contribution in [2.24, 2.45) is 0 Å². The van der Waals surface area contributed by atoms with Gasteiger partial charge in [-0.2, -0.15) is 0 Å². The van der Waals surface area contributed by atoms with E-state index in [0.29, 0.717) is 19.0 Å². The van der Waals surface area contributed by atoms with E-state index in [0.717, 1.165) is 12.1 Å². The summed E-state index contributed by atoms with van der Waals surface area (Å²) in [5.74, 6) is 0. The maximum atomic E-state index is 11.8. The number of rotatable bonds is 7. The molecule has 0 radical (unpaired) electrons. The van der Waals surface area contributed by atoms with Crippen molar-refractivity contribution in [3.05, 3.63) is 29.8 Å². The Hall–Kier alpha value is -1.73. The van der Waals surface area contributed by atoms with Crippen LogP contribution in [-0.2, 0) is 16.0 Å². The van der Waals surface area contributed by atoms with Crippen LogP contribution in [0.3, 0.4) is 0 Å². The van der Waals surface area contributed by atoms with Gasteiger partial charge in [0, 0.05) is 25.8 Å². The Kier molecular flexibility index (Phi) is 6.90. The van der Waals surface area contributed by atoms with Crippen LogP contribution in [0.15, 0.2) is 24.3 Å². The lowest BCUT2D eigenvalue weighted by molar-refractivity contribution is 0.0955. The van der Waals surface area contributed by atoms with Crippen LogP contribution < -0.4 is 5.73 Å². The fourth-order valence-electron chi connectivity index (χ4n) is 1.57. The van der Waals surface area contributed by atoms with Crippen LogP contribution in [0.1, 0.15) is 5.56 Å². The lowest BCUT2D eigenvalue weighted by Crippen LogP contribution is -2.35. The van der Waals surface area contributed by atoms with Gasteiger partial charge in [-0.3, -0.25) is 4.90 Å². The van der Waals surface area contributed by atoms with Crippen LogP contribution in [0.5, 0.6) is 0 Å². The van der Waals surface area contributed by atoms with Crippen LogP contribution in [0.4, 0.5) is 10.5 Å². The average molecular weight is 279 g/mol. The molecule has 110 valence electrons. The molecule has 0 atom stereocenters. The van der Waals surface area contributed by atoms with Crippen molar-refractivity contribution in [3.63, 3.8) is 0 Å². The van der Waals surface area contributed by atoms with E-state index < -0.39 is 0 Å². The first-order chi connectivity index (χ1) is 9.52. The maximum absolute atomic E-state index is 11.8. The number of amides is 1. The largest absolute Gasteiger partial charge is 0.445 e. The molecule has 20 heavy (non-hydrogen) atoms. The topological polar surface area (TPSA) is 68.0 Å². The normalized spacial score (nSPS) is 10.6. The summed E-state index contributed by atoms with van der Waals surface area (Å²) in [5.41, 5.74) is 7.20. The molecule has 0 saturated carbocycles. The van der Waals surface area contributed by atoms with Gasteiger partial charge in [0.25, 0.3) is 8.05 Å². The minimum Gasteiger partial charge on any atom is -0.445 e. The average Bonchev–Trinajstić information content (AvgIpc) is 2.44. The van der Waals surface area contributed by atoms with E-state index in [2.05, 4.69) is 0 Å². The number of benzene rings is 1. The summed E-state index contributed by atoms with van der Waals surface area (Å²) in [6.45, 7) is 2.09. The predicted octanol–water partition coefficient (Wildman–Crippen LogP) is 0.291. The molecule has 0 aromatic heterocycles. The van der Waals surface area contributed by atoms with Crippen molar-refractivity contribution in [1.82, 2.24) is 9.80 Å². The van der Waals surface area contributed by atoms with E-state index in [1.807, 2.05) is 24.1 Å². The number of anilines is 1. The molecule has 0 fully saturated rings. The van der Waals surface area contributed by atoms with Crippen LogP contribution in [0.25, 0.3) is 0 Å². The second-order valence-electron chi connectivity index (χ2n) is 4.72. The van der Waals surface area contributed by atoms with Gasteiger partial charge in [0.15, 0.2) is 0 Å². The van der Waals surface area contributed by atoms with Gasteiger partial charge < -0.3 is 20.0 Å². The lowest BCUT2D eigenvalue weighted by atomic mass is 10.2. The minimum atomic E-state index is -0.340. The molecule has 0 heterocycles. The Labute approximate surface area is 120 Å². The molecule has 0 aliphatic carbocycles. The number of nitrogens with zero attached hydrogens (tertiary/aromatic N) is 2. The van der Waals surface area contributed by atoms with Gasteiger partial charge in [0.2, 0.25) is 0 Å². The van der Waals surface area contributed by atoms with E-state index in [4.69, 9.17) is 15.1 Å². The molecule has 0 bridgehead atoms. The minimum absolute atomic E-state index is 0.247. The molecule has 1 amide bonds. The molecule has 0 aliphatic rings. The fraction of sp³-hybridized carbons (Fsp3) is 0.462. The zero-order valence-electron chi connectivity index (χ0n) is 12.3. The summed E-state index contributed by atoms with van der Waals surface area (Å²) in [7, 11) is 5.28. The number of nitrogens with two attached hydrogens (primary N) is 1. The van der Waals surface area contributed by atoms with Crippen molar-refractivity contribution in [1.29, 1.82) is 0 Å². The predicted molar refractivity (Wildman–Crippen MR) is 80.8 cm³/mol. The van der Waals surface area contributed by atoms with Crippen LogP contribution in [-0.4, -0.2) is 57.9 Å². The summed E-state index contributed by atoms with van der Waals surface area (Å²) >= 11 is 0. The van der Waals surface area contributed by atoms with Crippen molar-refractivity contribution in [2.45, 2.75) is 6.61 Å². The second kappa shape index (κ2) is 8.45.